The van der Waals surface area contributed by atoms with Crippen molar-refractivity contribution < 1.29 is 14.2 Å². The van der Waals surface area contributed by atoms with E-state index in [1.807, 2.05) is 31.2 Å². The Balaban J connectivity index is 2.35. The third kappa shape index (κ3) is 4.35. The molecule has 0 saturated heterocycles. The molecule has 0 bridgehead atoms. The number of ether oxygens (including phenoxy) is 3. The van der Waals surface area contributed by atoms with Crippen molar-refractivity contribution in [1.82, 2.24) is 0 Å². The summed E-state index contributed by atoms with van der Waals surface area (Å²) in [5.41, 5.74) is 2.85. The van der Waals surface area contributed by atoms with Gasteiger partial charge in [0.05, 0.1) is 5.56 Å². The molecule has 0 N–H and O–H groups in total. The smallest absolute Gasteiger partial charge is 0.173 e. The second-order valence-electron chi connectivity index (χ2n) is 6.55. The van der Waals surface area contributed by atoms with Crippen LogP contribution in [-0.4, -0.2) is 19.8 Å². The standard InChI is InChI=1S/C26H26O3/c1-5-15-27-23-18-19(4)25(28-16-6-2)24(26(23)29-17-7-3)22-14-10-12-20-11-8-9-13-21(20)22/h5-14,18H,1-3,15-17H2,4H3. The summed E-state index contributed by atoms with van der Waals surface area (Å²) in [4.78, 5) is 0. The first-order valence-electron chi connectivity index (χ1n) is 9.58. The van der Waals surface area contributed by atoms with Crippen molar-refractivity contribution in [2.75, 3.05) is 19.8 Å². The molecule has 3 nitrogen and oxygen atoms in total. The zero-order valence-electron chi connectivity index (χ0n) is 16.8. The van der Waals surface area contributed by atoms with Gasteiger partial charge in [-0.05, 0) is 34.9 Å². The fourth-order valence-electron chi connectivity index (χ4n) is 3.31. The van der Waals surface area contributed by atoms with Crippen molar-refractivity contribution >= 4 is 10.8 Å². The molecule has 0 aliphatic rings. The number of rotatable bonds is 10. The van der Waals surface area contributed by atoms with Gasteiger partial charge in [-0.2, -0.15) is 0 Å². The van der Waals surface area contributed by atoms with Gasteiger partial charge in [-0.25, -0.2) is 0 Å². The van der Waals surface area contributed by atoms with Crippen molar-refractivity contribution in [3.8, 4) is 28.4 Å². The van der Waals surface area contributed by atoms with Crippen LogP contribution in [0.15, 0.2) is 86.5 Å². The van der Waals surface area contributed by atoms with Crippen molar-refractivity contribution in [3.63, 3.8) is 0 Å². The first kappa shape index (κ1) is 20.3. The Morgan fingerprint density at radius 3 is 2.10 bits per heavy atom. The van der Waals surface area contributed by atoms with Gasteiger partial charge in [0.2, 0.25) is 0 Å². The van der Waals surface area contributed by atoms with Crippen LogP contribution in [0.3, 0.4) is 0 Å². The lowest BCUT2D eigenvalue weighted by Gasteiger charge is -2.22. The van der Waals surface area contributed by atoms with E-state index >= 15 is 0 Å². The Kier molecular flexibility index (Phi) is 6.75. The second kappa shape index (κ2) is 9.65. The fourth-order valence-corrected chi connectivity index (χ4v) is 3.31. The molecule has 148 valence electrons. The molecule has 0 spiro atoms. The number of fused-ring (bicyclic) bond motifs is 1. The average Bonchev–Trinajstić information content (AvgIpc) is 2.75. The van der Waals surface area contributed by atoms with Gasteiger partial charge in [0.25, 0.3) is 0 Å². The largest absolute Gasteiger partial charge is 0.488 e. The predicted octanol–water partition coefficient (Wildman–Crippen LogP) is 6.51. The summed E-state index contributed by atoms with van der Waals surface area (Å²) < 4.78 is 18.2. The van der Waals surface area contributed by atoms with E-state index in [4.69, 9.17) is 14.2 Å². The summed E-state index contributed by atoms with van der Waals surface area (Å²) in [7, 11) is 0. The minimum absolute atomic E-state index is 0.353. The summed E-state index contributed by atoms with van der Waals surface area (Å²) in [5, 5.41) is 2.26. The van der Waals surface area contributed by atoms with Crippen LogP contribution in [0, 0.1) is 6.92 Å². The molecular weight excluding hydrogens is 360 g/mol. The van der Waals surface area contributed by atoms with Crippen LogP contribution in [-0.2, 0) is 0 Å². The Bertz CT molecular complexity index is 1030. The molecule has 0 aliphatic heterocycles. The van der Waals surface area contributed by atoms with Gasteiger partial charge >= 0.3 is 0 Å². The molecule has 0 saturated carbocycles. The normalized spacial score (nSPS) is 10.4. The van der Waals surface area contributed by atoms with Gasteiger partial charge in [0.1, 0.15) is 25.6 Å². The summed E-state index contributed by atoms with van der Waals surface area (Å²) >= 11 is 0. The van der Waals surface area contributed by atoms with Crippen LogP contribution in [0.2, 0.25) is 0 Å². The molecule has 0 aromatic heterocycles. The van der Waals surface area contributed by atoms with Crippen LogP contribution in [0.4, 0.5) is 0 Å². The van der Waals surface area contributed by atoms with E-state index in [1.165, 1.54) is 0 Å². The Hall–Kier alpha value is -3.46. The zero-order chi connectivity index (χ0) is 20.6. The Morgan fingerprint density at radius 2 is 1.38 bits per heavy atom. The third-order valence-corrected chi connectivity index (χ3v) is 4.49. The molecule has 0 aliphatic carbocycles. The molecular formula is C26H26O3. The van der Waals surface area contributed by atoms with Gasteiger partial charge in [-0.1, -0.05) is 80.4 Å². The SMILES string of the molecule is C=CCOc1cc(C)c(OCC=C)c(-c2cccc3ccccc23)c1OCC=C. The van der Waals surface area contributed by atoms with Crippen LogP contribution >= 0.6 is 0 Å². The van der Waals surface area contributed by atoms with Crippen molar-refractivity contribution in [2.24, 2.45) is 0 Å². The minimum Gasteiger partial charge on any atom is -0.488 e. The molecule has 0 heterocycles. The highest BCUT2D eigenvalue weighted by Gasteiger charge is 2.23. The van der Waals surface area contributed by atoms with E-state index in [1.54, 1.807) is 18.2 Å². The summed E-state index contributed by atoms with van der Waals surface area (Å²) in [5.74, 6) is 2.04. The topological polar surface area (TPSA) is 27.7 Å². The monoisotopic (exact) mass is 386 g/mol. The van der Waals surface area contributed by atoms with E-state index in [-0.39, 0.29) is 0 Å². The second-order valence-corrected chi connectivity index (χ2v) is 6.55. The van der Waals surface area contributed by atoms with E-state index in [2.05, 4.69) is 44.0 Å². The molecule has 3 aromatic carbocycles. The minimum atomic E-state index is 0.353. The first-order chi connectivity index (χ1) is 14.2. The summed E-state index contributed by atoms with van der Waals surface area (Å²) in [6.07, 6.45) is 5.17. The fraction of sp³-hybridized carbons (Fsp3) is 0.154. The van der Waals surface area contributed by atoms with E-state index in [0.29, 0.717) is 31.3 Å². The van der Waals surface area contributed by atoms with Gasteiger partial charge in [-0.15, -0.1) is 0 Å². The van der Waals surface area contributed by atoms with Crippen molar-refractivity contribution in [2.45, 2.75) is 6.92 Å². The molecule has 0 fully saturated rings. The maximum Gasteiger partial charge on any atom is 0.173 e. The number of aryl methyl sites for hydroxylation is 1. The third-order valence-electron chi connectivity index (χ3n) is 4.49. The molecule has 3 rings (SSSR count). The van der Waals surface area contributed by atoms with Gasteiger partial charge in [-0.3, -0.25) is 0 Å². The lowest BCUT2D eigenvalue weighted by atomic mass is 9.94. The summed E-state index contributed by atoms with van der Waals surface area (Å²) in [6, 6.07) is 16.4. The number of hydrogen-bond donors (Lipinski definition) is 0. The van der Waals surface area contributed by atoms with Crippen molar-refractivity contribution in [1.29, 1.82) is 0 Å². The predicted molar refractivity (Wildman–Crippen MR) is 121 cm³/mol. The van der Waals surface area contributed by atoms with Crippen LogP contribution in [0.1, 0.15) is 5.56 Å². The average molecular weight is 386 g/mol. The first-order valence-corrected chi connectivity index (χ1v) is 9.58. The van der Waals surface area contributed by atoms with Gasteiger partial charge in [0.15, 0.2) is 11.5 Å². The molecule has 0 unspecified atom stereocenters. The van der Waals surface area contributed by atoms with E-state index in [9.17, 15) is 0 Å². The number of benzene rings is 3. The van der Waals surface area contributed by atoms with Gasteiger partial charge in [0, 0.05) is 0 Å². The molecule has 3 heteroatoms. The van der Waals surface area contributed by atoms with Crippen LogP contribution < -0.4 is 14.2 Å². The zero-order valence-corrected chi connectivity index (χ0v) is 16.8. The van der Waals surface area contributed by atoms with Gasteiger partial charge < -0.3 is 14.2 Å². The van der Waals surface area contributed by atoms with Crippen LogP contribution in [0.5, 0.6) is 17.2 Å². The lowest BCUT2D eigenvalue weighted by molar-refractivity contribution is 0.304. The number of hydrogen-bond acceptors (Lipinski definition) is 3. The van der Waals surface area contributed by atoms with E-state index < -0.39 is 0 Å². The van der Waals surface area contributed by atoms with Crippen molar-refractivity contribution in [3.05, 3.63) is 92.1 Å². The Labute approximate surface area is 172 Å². The molecule has 3 aromatic rings. The highest BCUT2D eigenvalue weighted by molar-refractivity contribution is 6.00. The lowest BCUT2D eigenvalue weighted by Crippen LogP contribution is -2.05. The highest BCUT2D eigenvalue weighted by Crippen LogP contribution is 2.48. The molecule has 0 radical (unpaired) electrons. The highest BCUT2D eigenvalue weighted by atomic mass is 16.5. The Morgan fingerprint density at radius 1 is 0.759 bits per heavy atom. The maximum atomic E-state index is 6.11. The van der Waals surface area contributed by atoms with Crippen LogP contribution in [0.25, 0.3) is 21.9 Å². The molecule has 0 atom stereocenters. The molecule has 0 amide bonds. The maximum absolute atomic E-state index is 6.11. The molecule has 29 heavy (non-hydrogen) atoms. The quantitative estimate of drug-likeness (QED) is 0.372. The van der Waals surface area contributed by atoms with E-state index in [0.717, 1.165) is 33.2 Å². The summed E-state index contributed by atoms with van der Waals surface area (Å²) in [6.45, 7) is 14.5.